The lowest BCUT2D eigenvalue weighted by Gasteiger charge is -2.30. The van der Waals surface area contributed by atoms with Crippen molar-refractivity contribution in [1.29, 1.82) is 0 Å². The number of rotatable bonds is 79. The first kappa shape index (κ1) is 99.0. The maximum Gasteiger partial charge on any atom is 0.307 e. The van der Waals surface area contributed by atoms with Crippen molar-refractivity contribution in [1.82, 2.24) is 14.7 Å². The van der Waals surface area contributed by atoms with Gasteiger partial charge in [0.1, 0.15) is 24.4 Å². The average molecular weight is 1610 g/mol. The molecule has 1 saturated carbocycles. The van der Waals surface area contributed by atoms with E-state index in [4.69, 9.17) is 18.9 Å². The van der Waals surface area contributed by atoms with E-state index in [1.54, 1.807) is 21.6 Å². The summed E-state index contributed by atoms with van der Waals surface area (Å²) in [6, 6.07) is 0. The zero-order valence-corrected chi connectivity index (χ0v) is 74.4. The number of allylic oxidation sites excluding steroid dienone is 1. The van der Waals surface area contributed by atoms with Gasteiger partial charge in [-0.05, 0) is 123 Å². The molecule has 0 spiro atoms. The first-order valence-corrected chi connectivity index (χ1v) is 55.6. The quantitative estimate of drug-likeness (QED) is 0.0190. The molecule has 1 aliphatic carbocycles. The minimum absolute atomic E-state index is 0.0947. The third-order valence-electron chi connectivity index (χ3n) is 18.2. The standard InChI is InChI=1S/C77H149N3O7S12/c1-10-18-22-26-30-34-38-42-61-88-96-92-65-70(14-5)84-74(69-47-46-48-69)49-53-79(54-50-75(81)85-71(15-6)66-93-97-89-62-43-39-35-31-27-23-19-11-2)59-57-78(9)58-60-80(55-51-76(82)86-72(16-7)67-94-98-90-63-44-40-36-32-28-24-20-12-3)56-52-77(83)87-73(17-8)68-95-99-91-64-45-41-37-33-29-25-21-13-4/h70-73H,10-68H2,1-9H3. The van der Waals surface area contributed by atoms with Gasteiger partial charge in [0.15, 0.2) is 0 Å². The molecular weight excluding hydrogens is 1460 g/mol. The Morgan fingerprint density at radius 1 is 0.313 bits per heavy atom. The van der Waals surface area contributed by atoms with Crippen LogP contribution in [0.25, 0.3) is 0 Å². The Morgan fingerprint density at radius 2 is 0.566 bits per heavy atom. The second-order valence-electron chi connectivity index (χ2n) is 27.2. The van der Waals surface area contributed by atoms with E-state index in [1.165, 1.54) is 235 Å². The van der Waals surface area contributed by atoms with Gasteiger partial charge < -0.3 is 33.6 Å². The zero-order valence-electron chi connectivity index (χ0n) is 64.6. The number of hydrogen-bond acceptors (Lipinski definition) is 22. The molecule has 1 aliphatic rings. The van der Waals surface area contributed by atoms with Crippen molar-refractivity contribution >= 4 is 144 Å². The first-order chi connectivity index (χ1) is 48.5. The molecule has 0 saturated heterocycles. The minimum atomic E-state index is -0.173. The van der Waals surface area contributed by atoms with Crippen LogP contribution in [-0.4, -0.2) is 162 Å². The van der Waals surface area contributed by atoms with Gasteiger partial charge in [-0.1, -0.05) is 322 Å². The summed E-state index contributed by atoms with van der Waals surface area (Å²) in [5.41, 5.74) is 1.47. The Hall–Kier alpha value is 2.03. The zero-order chi connectivity index (χ0) is 72.0. The van der Waals surface area contributed by atoms with Gasteiger partial charge in [0.05, 0.1) is 25.0 Å². The van der Waals surface area contributed by atoms with Crippen LogP contribution in [-0.2, 0) is 33.3 Å². The van der Waals surface area contributed by atoms with Gasteiger partial charge in [-0.15, -0.1) is 0 Å². The largest absolute Gasteiger partial charge is 0.494 e. The topological polar surface area (TPSA) is 97.9 Å². The molecule has 1 rings (SSSR count). The molecule has 0 heterocycles. The van der Waals surface area contributed by atoms with Crippen LogP contribution >= 0.6 is 126 Å². The number of nitrogens with zero attached hydrogens (tertiary/aromatic N) is 3. The van der Waals surface area contributed by atoms with Crippen molar-refractivity contribution in [2.75, 3.05) is 105 Å². The van der Waals surface area contributed by atoms with Crippen LogP contribution in [0.3, 0.4) is 0 Å². The van der Waals surface area contributed by atoms with E-state index in [1.807, 2.05) is 104 Å². The first-order valence-electron chi connectivity index (χ1n) is 40.3. The Bertz CT molecular complexity index is 1770. The number of ether oxygens (including phenoxy) is 4. The number of esters is 3. The molecule has 10 nitrogen and oxygen atoms in total. The Morgan fingerprint density at radius 3 is 0.818 bits per heavy atom. The maximum absolute atomic E-state index is 13.7. The molecular formula is C77H149N3O7S12. The highest BCUT2D eigenvalue weighted by molar-refractivity contribution is 9.10. The number of carbonyl (C=O) groups is 3. The van der Waals surface area contributed by atoms with Crippen molar-refractivity contribution in [3.05, 3.63) is 11.3 Å². The predicted octanol–water partition coefficient (Wildman–Crippen LogP) is 27.0. The number of carbonyl (C=O) groups excluding carboxylic acids is 3. The van der Waals surface area contributed by atoms with Crippen LogP contribution in [0.4, 0.5) is 0 Å². The summed E-state index contributed by atoms with van der Waals surface area (Å²) >= 11 is 0. The summed E-state index contributed by atoms with van der Waals surface area (Å²) in [7, 11) is 24.8. The molecule has 1 fully saturated rings. The third-order valence-corrected chi connectivity index (χ3v) is 35.7. The molecule has 0 aromatic rings. The molecule has 4 atom stereocenters. The normalized spacial score (nSPS) is 13.7. The van der Waals surface area contributed by atoms with E-state index in [0.717, 1.165) is 106 Å². The van der Waals surface area contributed by atoms with Gasteiger partial charge in [0.25, 0.3) is 0 Å². The summed E-state index contributed by atoms with van der Waals surface area (Å²) in [6.07, 6.45) is 51.4. The third kappa shape index (κ3) is 64.6. The summed E-state index contributed by atoms with van der Waals surface area (Å²) in [4.78, 5) is 48.0. The van der Waals surface area contributed by atoms with Crippen LogP contribution in [0.1, 0.15) is 331 Å². The van der Waals surface area contributed by atoms with Gasteiger partial charge in [0.2, 0.25) is 0 Å². The lowest BCUT2D eigenvalue weighted by atomic mass is 9.90. The maximum atomic E-state index is 13.7. The lowest BCUT2D eigenvalue weighted by Crippen LogP contribution is -2.40. The van der Waals surface area contributed by atoms with Crippen LogP contribution in [0.15, 0.2) is 11.3 Å². The summed E-state index contributed by atoms with van der Waals surface area (Å²) < 4.78 is 25.4. The number of unbranched alkanes of at least 4 members (excludes halogenated alkanes) is 28. The van der Waals surface area contributed by atoms with Gasteiger partial charge in [-0.25, -0.2) is 0 Å². The van der Waals surface area contributed by atoms with E-state index in [2.05, 4.69) is 77.1 Å². The molecule has 0 radical (unpaired) electrons. The van der Waals surface area contributed by atoms with Crippen molar-refractivity contribution in [3.63, 3.8) is 0 Å². The molecule has 22 heteroatoms. The fourth-order valence-electron chi connectivity index (χ4n) is 11.1. The van der Waals surface area contributed by atoms with Crippen LogP contribution in [0.5, 0.6) is 0 Å². The lowest BCUT2D eigenvalue weighted by molar-refractivity contribution is -0.149. The van der Waals surface area contributed by atoms with Crippen LogP contribution in [0.2, 0.25) is 0 Å². The van der Waals surface area contributed by atoms with Gasteiger partial charge >= 0.3 is 17.9 Å². The molecule has 99 heavy (non-hydrogen) atoms. The number of likely N-dealkylation sites (N-methyl/N-ethyl adjacent to an activating group) is 1. The van der Waals surface area contributed by atoms with Crippen molar-refractivity contribution in [2.45, 2.75) is 356 Å². The van der Waals surface area contributed by atoms with Crippen molar-refractivity contribution < 1.29 is 33.3 Å². The van der Waals surface area contributed by atoms with Gasteiger partial charge in [-0.3, -0.25) is 14.4 Å². The van der Waals surface area contributed by atoms with E-state index in [0.29, 0.717) is 32.6 Å². The highest BCUT2D eigenvalue weighted by atomic mass is 33.5. The molecule has 0 aliphatic heterocycles. The van der Waals surface area contributed by atoms with Crippen molar-refractivity contribution in [3.8, 4) is 0 Å². The fourth-order valence-corrected chi connectivity index (χ4v) is 27.4. The minimum Gasteiger partial charge on any atom is -0.494 e. The molecule has 0 N–H and O–H groups in total. The van der Waals surface area contributed by atoms with E-state index >= 15 is 0 Å². The highest BCUT2D eigenvalue weighted by Gasteiger charge is 2.23. The fraction of sp³-hybridized carbons (Fsp3) is 0.935. The van der Waals surface area contributed by atoms with E-state index < -0.39 is 0 Å². The van der Waals surface area contributed by atoms with Gasteiger partial charge in [0, 0.05) is 105 Å². The Kier molecular flexibility index (Phi) is 76.8. The molecule has 0 aromatic heterocycles. The van der Waals surface area contributed by atoms with Crippen molar-refractivity contribution in [2.24, 2.45) is 0 Å². The van der Waals surface area contributed by atoms with E-state index in [-0.39, 0.29) is 55.2 Å². The Labute approximate surface area is 658 Å². The molecule has 4 unspecified atom stereocenters. The summed E-state index contributed by atoms with van der Waals surface area (Å²) in [5, 5.41) is 0. The smallest absolute Gasteiger partial charge is 0.307 e. The van der Waals surface area contributed by atoms with Gasteiger partial charge in [-0.2, -0.15) is 0 Å². The van der Waals surface area contributed by atoms with Crippen LogP contribution in [0, 0.1) is 0 Å². The SMILES string of the molecule is CCCCCCCCCCSSSCC(CC)OC(=O)CCN(CCC(=O)OC(CC)CSSSCCCCCCCCCC)CCN(C)CCN(CCC(=O)OC(CC)CSSSCCCCCCCCCC)CCC(OC(CC)CSSSCCCCCCCCCC)=C1CCC1. The molecule has 0 aromatic carbocycles. The predicted molar refractivity (Wildman–Crippen MR) is 466 cm³/mol. The second-order valence-corrected chi connectivity index (χ2v) is 44.8. The number of hydrogen-bond donors (Lipinski definition) is 0. The summed E-state index contributed by atoms with van der Waals surface area (Å²) in [6.45, 7) is 23.3. The molecule has 0 bridgehead atoms. The Balaban J connectivity index is 3.07. The monoisotopic (exact) mass is 1610 g/mol. The average Bonchev–Trinajstić information content (AvgIpc) is 0.889. The van der Waals surface area contributed by atoms with E-state index in [9.17, 15) is 14.4 Å². The second kappa shape index (κ2) is 76.8. The highest BCUT2D eigenvalue weighted by Crippen LogP contribution is 2.40. The summed E-state index contributed by atoms with van der Waals surface area (Å²) in [5.74, 6) is 8.77. The van der Waals surface area contributed by atoms with Crippen LogP contribution < -0.4 is 0 Å². The molecule has 0 amide bonds. The molecule has 586 valence electrons.